The average molecular weight is 561 g/mol. The van der Waals surface area contributed by atoms with Crippen molar-refractivity contribution in [3.05, 3.63) is 74.4 Å². The Kier molecular flexibility index (Phi) is 6.30. The zero-order valence-electron chi connectivity index (χ0n) is 20.6. The number of nitrogens with one attached hydrogen (secondary N) is 1. The Morgan fingerprint density at radius 3 is 2.74 bits per heavy atom. The first kappa shape index (κ1) is 25.4. The van der Waals surface area contributed by atoms with Gasteiger partial charge >= 0.3 is 11.9 Å². The Bertz CT molecular complexity index is 1630. The molecule has 1 atom stereocenters. The summed E-state index contributed by atoms with van der Waals surface area (Å²) in [4.78, 5) is 37.2. The summed E-state index contributed by atoms with van der Waals surface area (Å²) in [5.41, 5.74) is 4.56. The Morgan fingerprint density at radius 1 is 1.23 bits per heavy atom. The molecule has 2 aliphatic rings. The van der Waals surface area contributed by atoms with Crippen LogP contribution < -0.4 is 11.2 Å². The van der Waals surface area contributed by atoms with E-state index >= 15 is 0 Å². The molecule has 5 heterocycles. The van der Waals surface area contributed by atoms with Crippen LogP contribution in [0.1, 0.15) is 47.1 Å². The van der Waals surface area contributed by atoms with Gasteiger partial charge in [-0.25, -0.2) is 19.2 Å². The van der Waals surface area contributed by atoms with E-state index in [0.29, 0.717) is 48.4 Å². The molecular formula is C25H23F3N6O4S. The highest BCUT2D eigenvalue weighted by Crippen LogP contribution is 2.34. The van der Waals surface area contributed by atoms with E-state index in [1.165, 1.54) is 22.8 Å². The Hall–Kier alpha value is -3.91. The van der Waals surface area contributed by atoms with E-state index in [1.54, 1.807) is 29.2 Å². The number of piperidine rings is 1. The van der Waals surface area contributed by atoms with Crippen LogP contribution in [0.2, 0.25) is 0 Å². The van der Waals surface area contributed by atoms with Crippen molar-refractivity contribution in [2.45, 2.75) is 44.6 Å². The SMILES string of the molecule is Cc1cc(C(F)(F)F)nn1CC(=O)N1CCC(c2nc(C3=C[C@H](n4c(=O)oc5ccccc54)ON3)cs2)CC1. The molecule has 1 fully saturated rings. The summed E-state index contributed by atoms with van der Waals surface area (Å²) in [6.07, 6.45) is -2.10. The van der Waals surface area contributed by atoms with Crippen LogP contribution in [0, 0.1) is 6.92 Å². The summed E-state index contributed by atoms with van der Waals surface area (Å²) in [5.74, 6) is -0.641. The Balaban J connectivity index is 1.09. The van der Waals surface area contributed by atoms with E-state index in [2.05, 4.69) is 10.6 Å². The van der Waals surface area contributed by atoms with Crippen LogP contribution in [0.4, 0.5) is 13.2 Å². The number of hydrogen-bond donors (Lipinski definition) is 1. The van der Waals surface area contributed by atoms with E-state index in [9.17, 15) is 22.8 Å². The van der Waals surface area contributed by atoms with Gasteiger partial charge in [-0.15, -0.1) is 11.3 Å². The number of alkyl halides is 3. The van der Waals surface area contributed by atoms with E-state index in [1.807, 2.05) is 11.4 Å². The van der Waals surface area contributed by atoms with Crippen LogP contribution in [0.25, 0.3) is 16.8 Å². The fourth-order valence-electron chi connectivity index (χ4n) is 4.84. The predicted molar refractivity (Wildman–Crippen MR) is 134 cm³/mol. The fourth-order valence-corrected chi connectivity index (χ4v) is 5.83. The number of likely N-dealkylation sites (tertiary alicyclic amines) is 1. The number of thiazole rings is 1. The number of carbonyl (C=O) groups excluding carboxylic acids is 1. The molecule has 10 nitrogen and oxygen atoms in total. The normalized spacial score (nSPS) is 18.5. The number of aryl methyl sites for hydroxylation is 1. The average Bonchev–Trinajstić information content (AvgIpc) is 3.69. The van der Waals surface area contributed by atoms with E-state index in [-0.39, 0.29) is 24.1 Å². The molecule has 204 valence electrons. The highest BCUT2D eigenvalue weighted by Gasteiger charge is 2.35. The first-order valence-corrected chi connectivity index (χ1v) is 13.1. The second-order valence-corrected chi connectivity index (χ2v) is 10.3. The number of carbonyl (C=O) groups is 1. The van der Waals surface area contributed by atoms with Crippen LogP contribution in [-0.2, 0) is 22.4 Å². The van der Waals surface area contributed by atoms with Crippen molar-refractivity contribution >= 4 is 34.0 Å². The lowest BCUT2D eigenvalue weighted by Gasteiger charge is -2.31. The Labute approximate surface area is 223 Å². The molecule has 3 aromatic heterocycles. The van der Waals surface area contributed by atoms with Gasteiger partial charge in [-0.05, 0) is 44.0 Å². The smallest absolute Gasteiger partial charge is 0.408 e. The molecule has 1 aromatic carbocycles. The molecule has 0 saturated carbocycles. The van der Waals surface area contributed by atoms with Crippen molar-refractivity contribution in [2.75, 3.05) is 13.1 Å². The first-order chi connectivity index (χ1) is 18.7. The van der Waals surface area contributed by atoms with Crippen LogP contribution in [-0.4, -0.2) is 43.2 Å². The number of amides is 1. The lowest BCUT2D eigenvalue weighted by atomic mass is 9.97. The van der Waals surface area contributed by atoms with Gasteiger partial charge in [0.25, 0.3) is 0 Å². The van der Waals surface area contributed by atoms with E-state index in [0.717, 1.165) is 15.8 Å². The summed E-state index contributed by atoms with van der Waals surface area (Å²) in [5, 5.41) is 6.38. The molecule has 0 bridgehead atoms. The maximum atomic E-state index is 12.9. The summed E-state index contributed by atoms with van der Waals surface area (Å²) >= 11 is 1.51. The monoisotopic (exact) mass is 560 g/mol. The number of para-hydroxylation sites is 2. The minimum Gasteiger partial charge on any atom is -0.408 e. The number of halogens is 3. The second-order valence-electron chi connectivity index (χ2n) is 9.45. The molecule has 14 heteroatoms. The number of rotatable bonds is 5. The molecule has 0 spiro atoms. The summed E-state index contributed by atoms with van der Waals surface area (Å²) < 4.78 is 46.6. The fraction of sp³-hybridized carbons (Fsp3) is 0.360. The van der Waals surface area contributed by atoms with Gasteiger partial charge in [0.2, 0.25) is 5.91 Å². The van der Waals surface area contributed by atoms with Crippen LogP contribution in [0.15, 0.2) is 51.0 Å². The number of hydroxylamine groups is 1. The highest BCUT2D eigenvalue weighted by molar-refractivity contribution is 7.09. The maximum absolute atomic E-state index is 12.9. The maximum Gasteiger partial charge on any atom is 0.435 e. The number of oxazole rings is 1. The molecule has 1 amide bonds. The summed E-state index contributed by atoms with van der Waals surface area (Å²) in [7, 11) is 0. The topological polar surface area (TPSA) is 107 Å². The van der Waals surface area contributed by atoms with Crippen LogP contribution in [0.3, 0.4) is 0 Å². The predicted octanol–water partition coefficient (Wildman–Crippen LogP) is 4.06. The minimum atomic E-state index is -4.55. The van der Waals surface area contributed by atoms with E-state index in [4.69, 9.17) is 14.2 Å². The van der Waals surface area contributed by atoms with Crippen molar-refractivity contribution in [2.24, 2.45) is 0 Å². The Morgan fingerprint density at radius 2 is 2.00 bits per heavy atom. The zero-order chi connectivity index (χ0) is 27.3. The largest absolute Gasteiger partial charge is 0.435 e. The van der Waals surface area contributed by atoms with Crippen molar-refractivity contribution in [1.82, 2.24) is 29.7 Å². The van der Waals surface area contributed by atoms with Gasteiger partial charge in [-0.2, -0.15) is 18.3 Å². The molecule has 0 radical (unpaired) electrons. The summed E-state index contributed by atoms with van der Waals surface area (Å²) in [6.45, 7) is 2.23. The molecule has 1 N–H and O–H groups in total. The third kappa shape index (κ3) is 4.85. The summed E-state index contributed by atoms with van der Waals surface area (Å²) in [6, 6.07) is 8.04. The van der Waals surface area contributed by atoms with Gasteiger partial charge in [0.1, 0.15) is 6.54 Å². The number of fused-ring (bicyclic) bond motifs is 1. The van der Waals surface area contributed by atoms with Crippen molar-refractivity contribution in [3.63, 3.8) is 0 Å². The van der Waals surface area contributed by atoms with Gasteiger partial charge in [0.15, 0.2) is 17.5 Å². The van der Waals surface area contributed by atoms with E-state index < -0.39 is 23.9 Å². The third-order valence-corrected chi connectivity index (χ3v) is 7.93. The van der Waals surface area contributed by atoms with Gasteiger partial charge in [0, 0.05) is 30.1 Å². The second kappa shape index (κ2) is 9.68. The standard InChI is InChI=1S/C25H23F3N6O4S/c1-14-10-20(25(26,27)28)30-33(14)12-21(35)32-8-6-15(7-9-32)23-29-17(13-39-23)16-11-22(38-31-16)34-18-4-2-3-5-19(18)37-24(34)36/h2-5,10-11,13,15,22,31H,6-9,12H2,1H3/t22-/m1/s1. The minimum absolute atomic E-state index is 0.148. The molecule has 0 unspecified atom stereocenters. The molecule has 39 heavy (non-hydrogen) atoms. The molecule has 2 aliphatic heterocycles. The molecule has 1 saturated heterocycles. The van der Waals surface area contributed by atoms with Gasteiger partial charge in [0.05, 0.1) is 21.9 Å². The molecule has 4 aromatic rings. The highest BCUT2D eigenvalue weighted by atomic mass is 32.1. The van der Waals surface area contributed by atoms with Gasteiger partial charge < -0.3 is 9.32 Å². The lowest BCUT2D eigenvalue weighted by Crippen LogP contribution is -2.40. The lowest BCUT2D eigenvalue weighted by molar-refractivity contribution is -0.142. The number of nitrogens with zero attached hydrogens (tertiary/aromatic N) is 5. The number of hydrogen-bond acceptors (Lipinski definition) is 8. The first-order valence-electron chi connectivity index (χ1n) is 12.3. The van der Waals surface area contributed by atoms with Gasteiger partial charge in [-0.1, -0.05) is 12.1 Å². The molecular weight excluding hydrogens is 537 g/mol. The zero-order valence-corrected chi connectivity index (χ0v) is 21.5. The quantitative estimate of drug-likeness (QED) is 0.392. The number of benzene rings is 1. The van der Waals surface area contributed by atoms with Crippen molar-refractivity contribution in [1.29, 1.82) is 0 Å². The number of aromatic nitrogens is 4. The van der Waals surface area contributed by atoms with Crippen molar-refractivity contribution in [3.8, 4) is 0 Å². The molecule has 0 aliphatic carbocycles. The van der Waals surface area contributed by atoms with Crippen molar-refractivity contribution < 1.29 is 27.2 Å². The van der Waals surface area contributed by atoms with Crippen LogP contribution in [0.5, 0.6) is 0 Å². The third-order valence-electron chi connectivity index (χ3n) is 6.92. The van der Waals surface area contributed by atoms with Crippen LogP contribution >= 0.6 is 11.3 Å². The molecule has 6 rings (SSSR count). The van der Waals surface area contributed by atoms with Gasteiger partial charge in [-0.3, -0.25) is 15.0 Å².